The Morgan fingerprint density at radius 1 is 1.29 bits per heavy atom. The minimum absolute atomic E-state index is 0.0261. The molecule has 0 unspecified atom stereocenters. The predicted molar refractivity (Wildman–Crippen MR) is 58.6 cm³/mol. The maximum atomic E-state index is 12.6. The van der Waals surface area contributed by atoms with E-state index in [9.17, 15) is 18.0 Å². The fourth-order valence-electron chi connectivity index (χ4n) is 1.49. The SMILES string of the molecule is CN(CC(=O)Cc1ccc(F)cc1)CC(F)F. The molecule has 0 saturated heterocycles. The third-order valence-corrected chi connectivity index (χ3v) is 2.21. The Kier molecular flexibility index (Phi) is 5.15. The van der Waals surface area contributed by atoms with E-state index in [1.807, 2.05) is 0 Å². The minimum atomic E-state index is -2.45. The van der Waals surface area contributed by atoms with E-state index in [2.05, 4.69) is 0 Å². The molecule has 0 aliphatic carbocycles. The number of rotatable bonds is 6. The minimum Gasteiger partial charge on any atom is -0.298 e. The summed E-state index contributed by atoms with van der Waals surface area (Å²) in [5.41, 5.74) is 0.682. The number of benzene rings is 1. The van der Waals surface area contributed by atoms with Crippen LogP contribution in [0.15, 0.2) is 24.3 Å². The van der Waals surface area contributed by atoms with Gasteiger partial charge in [-0.3, -0.25) is 9.69 Å². The van der Waals surface area contributed by atoms with Gasteiger partial charge in [0.1, 0.15) is 5.82 Å². The molecule has 0 saturated carbocycles. The largest absolute Gasteiger partial charge is 0.298 e. The lowest BCUT2D eigenvalue weighted by Crippen LogP contribution is -2.31. The Bertz CT molecular complexity index is 365. The molecule has 17 heavy (non-hydrogen) atoms. The first-order valence-electron chi connectivity index (χ1n) is 5.20. The van der Waals surface area contributed by atoms with Crippen LogP contribution in [0.4, 0.5) is 13.2 Å². The molecule has 94 valence electrons. The summed E-state index contributed by atoms with van der Waals surface area (Å²) >= 11 is 0. The lowest BCUT2D eigenvalue weighted by Gasteiger charge is -2.14. The molecular weight excluding hydrogens is 231 g/mol. The van der Waals surface area contributed by atoms with E-state index in [0.717, 1.165) is 0 Å². The zero-order valence-electron chi connectivity index (χ0n) is 9.50. The molecule has 0 amide bonds. The number of Topliss-reactive ketones (excluding diaryl/α,β-unsaturated/α-hetero) is 1. The number of ketones is 1. The van der Waals surface area contributed by atoms with Crippen LogP contribution in [0.25, 0.3) is 0 Å². The van der Waals surface area contributed by atoms with Crippen molar-refractivity contribution in [3.63, 3.8) is 0 Å². The quantitative estimate of drug-likeness (QED) is 0.765. The number of alkyl halides is 2. The molecule has 0 N–H and O–H groups in total. The van der Waals surface area contributed by atoms with Gasteiger partial charge in [0.15, 0.2) is 5.78 Å². The lowest BCUT2D eigenvalue weighted by molar-refractivity contribution is -0.119. The number of hydrogen-bond acceptors (Lipinski definition) is 2. The second-order valence-corrected chi connectivity index (χ2v) is 3.93. The van der Waals surface area contributed by atoms with Crippen LogP contribution < -0.4 is 0 Å². The Morgan fingerprint density at radius 3 is 2.41 bits per heavy atom. The van der Waals surface area contributed by atoms with Gasteiger partial charge < -0.3 is 0 Å². The third-order valence-electron chi connectivity index (χ3n) is 2.21. The molecule has 0 aliphatic rings. The standard InChI is InChI=1S/C12H14F3NO/c1-16(8-12(14)15)7-11(17)6-9-2-4-10(13)5-3-9/h2-5,12H,6-8H2,1H3. The highest BCUT2D eigenvalue weighted by atomic mass is 19.3. The molecule has 0 spiro atoms. The summed E-state index contributed by atoms with van der Waals surface area (Å²) in [4.78, 5) is 12.8. The van der Waals surface area contributed by atoms with Crippen molar-refractivity contribution in [1.82, 2.24) is 4.90 Å². The molecule has 0 aliphatic heterocycles. The summed E-state index contributed by atoms with van der Waals surface area (Å²) < 4.78 is 36.6. The van der Waals surface area contributed by atoms with Crippen LogP contribution in [-0.2, 0) is 11.2 Å². The van der Waals surface area contributed by atoms with Crippen LogP contribution in [0.3, 0.4) is 0 Å². The fraction of sp³-hybridized carbons (Fsp3) is 0.417. The highest BCUT2D eigenvalue weighted by Gasteiger charge is 2.11. The Balaban J connectivity index is 2.41. The van der Waals surface area contributed by atoms with Crippen molar-refractivity contribution in [3.05, 3.63) is 35.6 Å². The van der Waals surface area contributed by atoms with Gasteiger partial charge in [-0.25, -0.2) is 13.2 Å². The van der Waals surface area contributed by atoms with Crippen molar-refractivity contribution < 1.29 is 18.0 Å². The van der Waals surface area contributed by atoms with Crippen molar-refractivity contribution in [2.45, 2.75) is 12.8 Å². The van der Waals surface area contributed by atoms with E-state index in [1.165, 1.54) is 36.2 Å². The van der Waals surface area contributed by atoms with Crippen LogP contribution in [-0.4, -0.2) is 37.2 Å². The molecule has 0 heterocycles. The summed E-state index contributed by atoms with van der Waals surface area (Å²) in [6.45, 7) is -0.448. The smallest absolute Gasteiger partial charge is 0.251 e. The van der Waals surface area contributed by atoms with Crippen LogP contribution in [0, 0.1) is 5.82 Å². The first-order valence-corrected chi connectivity index (χ1v) is 5.20. The zero-order valence-corrected chi connectivity index (χ0v) is 9.50. The van der Waals surface area contributed by atoms with Crippen molar-refractivity contribution >= 4 is 5.78 Å². The zero-order chi connectivity index (χ0) is 12.8. The summed E-state index contributed by atoms with van der Waals surface area (Å²) in [6, 6.07) is 5.57. The van der Waals surface area contributed by atoms with Gasteiger partial charge in [0.25, 0.3) is 6.43 Å². The van der Waals surface area contributed by atoms with Gasteiger partial charge in [0.2, 0.25) is 0 Å². The molecule has 1 aromatic rings. The molecule has 1 aromatic carbocycles. The maximum Gasteiger partial charge on any atom is 0.251 e. The third kappa shape index (κ3) is 5.49. The molecular formula is C12H14F3NO. The monoisotopic (exact) mass is 245 g/mol. The normalized spacial score (nSPS) is 11.2. The molecule has 0 fully saturated rings. The van der Waals surface area contributed by atoms with Crippen molar-refractivity contribution in [2.75, 3.05) is 20.1 Å². The second kappa shape index (κ2) is 6.39. The Morgan fingerprint density at radius 2 is 1.88 bits per heavy atom. The van der Waals surface area contributed by atoms with Gasteiger partial charge in [0.05, 0.1) is 13.1 Å². The topological polar surface area (TPSA) is 20.3 Å². The number of likely N-dealkylation sites (N-methyl/N-ethyl adjacent to an activating group) is 1. The van der Waals surface area contributed by atoms with E-state index < -0.39 is 13.0 Å². The highest BCUT2D eigenvalue weighted by Crippen LogP contribution is 2.04. The molecule has 5 heteroatoms. The Labute approximate surface area is 98.0 Å². The van der Waals surface area contributed by atoms with Gasteiger partial charge in [-0.15, -0.1) is 0 Å². The molecule has 0 radical (unpaired) electrons. The van der Waals surface area contributed by atoms with Crippen molar-refractivity contribution in [1.29, 1.82) is 0 Å². The maximum absolute atomic E-state index is 12.6. The van der Waals surface area contributed by atoms with Crippen LogP contribution in [0.1, 0.15) is 5.56 Å². The van der Waals surface area contributed by atoms with E-state index >= 15 is 0 Å². The highest BCUT2D eigenvalue weighted by molar-refractivity contribution is 5.82. The van der Waals surface area contributed by atoms with Crippen molar-refractivity contribution in [2.24, 2.45) is 0 Å². The van der Waals surface area contributed by atoms with Gasteiger partial charge in [-0.2, -0.15) is 0 Å². The predicted octanol–water partition coefficient (Wildman–Crippen LogP) is 2.13. The molecule has 0 atom stereocenters. The van der Waals surface area contributed by atoms with Gasteiger partial charge >= 0.3 is 0 Å². The average molecular weight is 245 g/mol. The number of carbonyl (C=O) groups excluding carboxylic acids is 1. The average Bonchev–Trinajstić information content (AvgIpc) is 2.19. The summed E-state index contributed by atoms with van der Waals surface area (Å²) in [7, 11) is 1.47. The molecule has 0 aromatic heterocycles. The van der Waals surface area contributed by atoms with E-state index in [0.29, 0.717) is 5.56 Å². The fourth-order valence-corrected chi connectivity index (χ4v) is 1.49. The summed E-state index contributed by atoms with van der Waals surface area (Å²) in [5, 5.41) is 0. The number of nitrogens with zero attached hydrogens (tertiary/aromatic N) is 1. The molecule has 0 bridgehead atoms. The van der Waals surface area contributed by atoms with Crippen LogP contribution in [0.5, 0.6) is 0 Å². The summed E-state index contributed by atoms with van der Waals surface area (Å²) in [5.74, 6) is -0.532. The second-order valence-electron chi connectivity index (χ2n) is 3.93. The van der Waals surface area contributed by atoms with Crippen LogP contribution in [0.2, 0.25) is 0 Å². The molecule has 2 nitrogen and oxygen atoms in total. The van der Waals surface area contributed by atoms with E-state index in [-0.39, 0.29) is 24.6 Å². The molecule has 1 rings (SSSR count). The van der Waals surface area contributed by atoms with Gasteiger partial charge in [-0.05, 0) is 24.7 Å². The first kappa shape index (κ1) is 13.7. The van der Waals surface area contributed by atoms with Gasteiger partial charge in [0, 0.05) is 6.42 Å². The van der Waals surface area contributed by atoms with E-state index in [4.69, 9.17) is 0 Å². The van der Waals surface area contributed by atoms with Crippen molar-refractivity contribution in [3.8, 4) is 0 Å². The van der Waals surface area contributed by atoms with E-state index in [1.54, 1.807) is 0 Å². The summed E-state index contributed by atoms with van der Waals surface area (Å²) in [6.07, 6.45) is -2.31. The first-order chi connectivity index (χ1) is 7.97. The van der Waals surface area contributed by atoms with Gasteiger partial charge in [-0.1, -0.05) is 12.1 Å². The number of hydrogen-bond donors (Lipinski definition) is 0. The number of carbonyl (C=O) groups is 1. The Hall–Kier alpha value is -1.36. The lowest BCUT2D eigenvalue weighted by atomic mass is 10.1. The van der Waals surface area contributed by atoms with Crippen LogP contribution >= 0.6 is 0 Å². The number of halogens is 3.